The summed E-state index contributed by atoms with van der Waals surface area (Å²) in [5.74, 6) is -0.777. The third-order valence-corrected chi connectivity index (χ3v) is 26.2. The quantitative estimate of drug-likeness (QED) is 0.0548. The summed E-state index contributed by atoms with van der Waals surface area (Å²) in [7, 11) is -2.10. The summed E-state index contributed by atoms with van der Waals surface area (Å²) >= 11 is 7.70. The zero-order valence-electron chi connectivity index (χ0n) is 38.3. The van der Waals surface area contributed by atoms with Crippen LogP contribution in [0.25, 0.3) is 0 Å². The van der Waals surface area contributed by atoms with E-state index in [1.165, 1.54) is 0 Å². The molecule has 0 aliphatic carbocycles. The third kappa shape index (κ3) is 9.50. The molecule has 72 heavy (non-hydrogen) atoms. The first-order chi connectivity index (χ1) is 34.6. The summed E-state index contributed by atoms with van der Waals surface area (Å²) < 4.78 is 115. The number of rotatable bonds is 16. The Morgan fingerprint density at radius 2 is 0.597 bits per heavy atom. The van der Waals surface area contributed by atoms with Gasteiger partial charge in [0.15, 0.2) is 0 Å². The van der Waals surface area contributed by atoms with Crippen LogP contribution in [0.4, 0.5) is 26.3 Å². The van der Waals surface area contributed by atoms with Gasteiger partial charge in [0.05, 0.1) is 0 Å². The molecular formula is C58H45BBr2F6O3P2. The Hall–Kier alpha value is -5.84. The molecule has 0 saturated carbocycles. The van der Waals surface area contributed by atoms with E-state index in [4.69, 9.17) is 13.5 Å². The minimum absolute atomic E-state index is 0.0826. The molecule has 9 aromatic carbocycles. The Labute approximate surface area is 432 Å². The molecule has 9 aromatic rings. The fourth-order valence-corrected chi connectivity index (χ4v) is 22.5. The first-order valence-corrected chi connectivity index (χ1v) is 29.1. The normalized spacial score (nSPS) is 13.3. The molecule has 0 atom stereocenters. The van der Waals surface area contributed by atoms with Gasteiger partial charge in [0.1, 0.15) is 0 Å². The minimum atomic E-state index is -5.20. The van der Waals surface area contributed by atoms with Crippen LogP contribution < -0.4 is 36.5 Å². The van der Waals surface area contributed by atoms with Crippen molar-refractivity contribution in [2.24, 2.45) is 0 Å². The Kier molecular flexibility index (Phi) is 14.6. The van der Waals surface area contributed by atoms with E-state index in [2.05, 4.69) is 31.9 Å². The molecule has 9 rings (SSSR count). The van der Waals surface area contributed by atoms with Gasteiger partial charge in [-0.2, -0.15) is 0 Å². The molecule has 0 aromatic heterocycles. The predicted octanol–water partition coefficient (Wildman–Crippen LogP) is 14.9. The molecule has 0 heterocycles. The Morgan fingerprint density at radius 3 is 0.847 bits per heavy atom. The Bertz CT molecular complexity index is 2860. The Morgan fingerprint density at radius 1 is 0.347 bits per heavy atom. The molecule has 0 aliphatic heterocycles. The second kappa shape index (κ2) is 20.6. The van der Waals surface area contributed by atoms with Crippen molar-refractivity contribution in [3.05, 3.63) is 280 Å². The molecule has 0 bridgehead atoms. The summed E-state index contributed by atoms with van der Waals surface area (Å²) in [5.41, 5.74) is -1.54. The van der Waals surface area contributed by atoms with E-state index in [1.54, 1.807) is 0 Å². The van der Waals surface area contributed by atoms with E-state index in [0.29, 0.717) is 44.0 Å². The zero-order valence-corrected chi connectivity index (χ0v) is 43.3. The van der Waals surface area contributed by atoms with Crippen LogP contribution in [0, 0.1) is 0 Å². The van der Waals surface area contributed by atoms with Gasteiger partial charge in [-0.25, -0.2) is 0 Å². The number of hydrogen-bond acceptors (Lipinski definition) is 3. The average molecular weight is 1140 g/mol. The first kappa shape index (κ1) is 51.1. The number of benzene rings is 9. The van der Waals surface area contributed by atoms with Crippen LogP contribution in [0.5, 0.6) is 5.75 Å². The maximum atomic E-state index is 14.9. The molecule has 0 radical (unpaired) electrons. The first-order valence-electron chi connectivity index (χ1n) is 22.8. The summed E-state index contributed by atoms with van der Waals surface area (Å²) in [6, 6.07) is 73.8. The van der Waals surface area contributed by atoms with Crippen LogP contribution in [0.1, 0.15) is 22.3 Å². The fourth-order valence-electron chi connectivity index (χ4n) is 9.79. The summed E-state index contributed by atoms with van der Waals surface area (Å²) in [4.78, 5) is 0. The van der Waals surface area contributed by atoms with Crippen molar-refractivity contribution in [1.82, 2.24) is 0 Å². The third-order valence-electron chi connectivity index (χ3n) is 13.1. The second-order valence-electron chi connectivity index (χ2n) is 17.3. The molecule has 0 amide bonds. The van der Waals surface area contributed by atoms with E-state index in [1.807, 2.05) is 231 Å². The molecular weight excluding hydrogens is 1090 g/mol. The van der Waals surface area contributed by atoms with Crippen molar-refractivity contribution in [2.75, 3.05) is 0 Å². The van der Waals surface area contributed by atoms with E-state index < -0.39 is 50.2 Å². The summed E-state index contributed by atoms with van der Waals surface area (Å²) in [6.07, 6.45) is -10.2. The topological polar surface area (TPSA) is 27.7 Å². The van der Waals surface area contributed by atoms with Crippen molar-refractivity contribution in [3.8, 4) is 5.75 Å². The van der Waals surface area contributed by atoms with Gasteiger partial charge in [0.2, 0.25) is 0 Å². The van der Waals surface area contributed by atoms with Crippen molar-refractivity contribution >= 4 is 84.7 Å². The van der Waals surface area contributed by atoms with Gasteiger partial charge >= 0.3 is 435 Å². The van der Waals surface area contributed by atoms with Crippen LogP contribution in [0.15, 0.2) is 258 Å². The van der Waals surface area contributed by atoms with Crippen molar-refractivity contribution in [3.63, 3.8) is 0 Å². The van der Waals surface area contributed by atoms with Crippen LogP contribution in [0.3, 0.4) is 0 Å². The molecule has 0 unspecified atom stereocenters. The van der Waals surface area contributed by atoms with Crippen LogP contribution in [0.2, 0.25) is 0 Å². The summed E-state index contributed by atoms with van der Waals surface area (Å²) in [6.45, 7) is -9.75. The van der Waals surface area contributed by atoms with E-state index in [-0.39, 0.29) is 18.4 Å². The number of halogens is 8. The van der Waals surface area contributed by atoms with E-state index in [0.717, 1.165) is 20.1 Å². The molecule has 3 nitrogen and oxygen atoms in total. The summed E-state index contributed by atoms with van der Waals surface area (Å²) in [5, 5.41) is 4.08. The maximum absolute atomic E-state index is 14.9. The van der Waals surface area contributed by atoms with Gasteiger partial charge in [0, 0.05) is 0 Å². The van der Waals surface area contributed by atoms with Gasteiger partial charge in [-0.15, -0.1) is 0 Å². The monoisotopic (exact) mass is 1130 g/mol. The molecule has 0 N–H and O–H groups in total. The Balaban J connectivity index is 1.49. The van der Waals surface area contributed by atoms with Gasteiger partial charge in [-0.1, -0.05) is 0 Å². The SMILES string of the molecule is FC(F)(F)c1cc(OB(OP(Cc2ccccc2Br)(c2ccccc2)(c2ccccc2)c2ccccc2)OP(Cc2ccccc2Br)(c2ccccc2)(c2ccccc2)c2ccccc2)cc(C(F)(F)F)c1. The number of alkyl halides is 6. The van der Waals surface area contributed by atoms with E-state index >= 15 is 0 Å². The van der Waals surface area contributed by atoms with Crippen molar-refractivity contribution in [2.45, 2.75) is 24.7 Å². The van der Waals surface area contributed by atoms with Gasteiger partial charge in [0.25, 0.3) is 0 Å². The van der Waals surface area contributed by atoms with Crippen molar-refractivity contribution in [1.29, 1.82) is 0 Å². The number of hydrogen-bond donors (Lipinski definition) is 0. The predicted molar refractivity (Wildman–Crippen MR) is 291 cm³/mol. The van der Waals surface area contributed by atoms with E-state index in [9.17, 15) is 26.3 Å². The van der Waals surface area contributed by atoms with Crippen LogP contribution in [-0.4, -0.2) is 7.32 Å². The molecule has 0 spiro atoms. The van der Waals surface area contributed by atoms with Gasteiger partial charge < -0.3 is 0 Å². The second-order valence-corrected chi connectivity index (χ2v) is 28.0. The standard InChI is InChI=1S/C58H45BBr2F6O3P2/c60-55-37-21-19-23-44(55)42-71(49-25-7-1-8-26-49,50-27-9-2-10-28-50,51-29-11-3-12-30-51)69-59(68-48-40-46(57(62,63)64)39-47(41-48)58(65,66)67)70-72(52-31-13-4-14-32-52,53-33-15-5-16-34-53,54-35-17-6-18-36-54)43-45-24-20-22-38-56(45)61/h1-41H,42-43H2. The molecule has 0 aliphatic rings. The van der Waals surface area contributed by atoms with Gasteiger partial charge in [-0.05, 0) is 0 Å². The van der Waals surface area contributed by atoms with Crippen molar-refractivity contribution < 1.29 is 39.9 Å². The molecule has 0 saturated heterocycles. The average Bonchev–Trinajstić information content (AvgIpc) is 3.40. The molecule has 14 heteroatoms. The van der Waals surface area contributed by atoms with Crippen LogP contribution in [-0.2, 0) is 33.6 Å². The zero-order chi connectivity index (χ0) is 50.5. The molecule has 364 valence electrons. The fraction of sp³-hybridized carbons (Fsp3) is 0.0690. The van der Waals surface area contributed by atoms with Crippen LogP contribution >= 0.6 is 45.5 Å². The van der Waals surface area contributed by atoms with Gasteiger partial charge in [-0.3, -0.25) is 0 Å². The molecule has 0 fully saturated rings.